The molecule has 2 heterocycles. The van der Waals surface area contributed by atoms with Gasteiger partial charge in [-0.15, -0.1) is 0 Å². The van der Waals surface area contributed by atoms with E-state index in [-0.39, 0.29) is 11.9 Å². The van der Waals surface area contributed by atoms with Gasteiger partial charge in [0.25, 0.3) is 0 Å². The zero-order chi connectivity index (χ0) is 12.6. The molecule has 0 saturated carbocycles. The Bertz CT molecular complexity index is 492. The maximum Gasteiger partial charge on any atom is 0.173 e. The average molecular weight is 244 g/mol. The van der Waals surface area contributed by atoms with Gasteiger partial charge in [0.1, 0.15) is 0 Å². The third kappa shape index (κ3) is 1.89. The first kappa shape index (κ1) is 11.6. The minimum absolute atomic E-state index is 0.0159. The van der Waals surface area contributed by atoms with Gasteiger partial charge in [-0.25, -0.2) is 0 Å². The molecule has 18 heavy (non-hydrogen) atoms. The van der Waals surface area contributed by atoms with Crippen LogP contribution in [0.15, 0.2) is 42.0 Å². The van der Waals surface area contributed by atoms with E-state index < -0.39 is 5.60 Å². The van der Waals surface area contributed by atoms with E-state index >= 15 is 0 Å². The van der Waals surface area contributed by atoms with Gasteiger partial charge >= 0.3 is 0 Å². The summed E-state index contributed by atoms with van der Waals surface area (Å²) in [6.45, 7) is 2.83. The molecule has 0 N–H and O–H groups in total. The Morgan fingerprint density at radius 1 is 1.39 bits per heavy atom. The first-order chi connectivity index (χ1) is 8.70. The maximum absolute atomic E-state index is 11.9. The van der Waals surface area contributed by atoms with Crippen LogP contribution in [0, 0.1) is 0 Å². The number of ketones is 1. The topological polar surface area (TPSA) is 35.5 Å². The van der Waals surface area contributed by atoms with Crippen LogP contribution < -0.4 is 0 Å². The van der Waals surface area contributed by atoms with Gasteiger partial charge in [0.15, 0.2) is 11.4 Å². The molecule has 1 aromatic rings. The Morgan fingerprint density at radius 2 is 2.17 bits per heavy atom. The predicted octanol–water partition coefficient (Wildman–Crippen LogP) is 2.26. The molecule has 1 aromatic carbocycles. The zero-order valence-electron chi connectivity index (χ0n) is 10.4. The molecule has 1 fully saturated rings. The van der Waals surface area contributed by atoms with Gasteiger partial charge in [-0.3, -0.25) is 4.79 Å². The average Bonchev–Trinajstić information content (AvgIpc) is 2.84. The second-order valence-corrected chi connectivity index (χ2v) is 4.99. The van der Waals surface area contributed by atoms with Crippen molar-refractivity contribution in [2.24, 2.45) is 0 Å². The summed E-state index contributed by atoms with van der Waals surface area (Å²) < 4.78 is 11.4. The molecule has 0 aliphatic carbocycles. The van der Waals surface area contributed by atoms with Gasteiger partial charge in [0.05, 0.1) is 19.3 Å². The van der Waals surface area contributed by atoms with Gasteiger partial charge in [0.2, 0.25) is 0 Å². The van der Waals surface area contributed by atoms with Crippen molar-refractivity contribution in [1.29, 1.82) is 0 Å². The molecule has 0 aromatic heterocycles. The predicted molar refractivity (Wildman–Crippen MR) is 67.1 cm³/mol. The van der Waals surface area contributed by atoms with Crippen LogP contribution in [0.1, 0.15) is 18.9 Å². The highest BCUT2D eigenvalue weighted by Crippen LogP contribution is 2.39. The molecule has 0 amide bonds. The third-order valence-corrected chi connectivity index (χ3v) is 3.59. The van der Waals surface area contributed by atoms with E-state index in [1.165, 1.54) is 0 Å². The lowest BCUT2D eigenvalue weighted by Gasteiger charge is -2.20. The van der Waals surface area contributed by atoms with E-state index in [4.69, 9.17) is 9.47 Å². The van der Waals surface area contributed by atoms with Crippen LogP contribution >= 0.6 is 0 Å². The molecule has 3 nitrogen and oxygen atoms in total. The zero-order valence-corrected chi connectivity index (χ0v) is 10.4. The first-order valence-electron chi connectivity index (χ1n) is 6.22. The molecular formula is C15H16O3. The number of fused-ring (bicyclic) bond motifs is 2. The van der Waals surface area contributed by atoms with Crippen molar-refractivity contribution in [3.63, 3.8) is 0 Å². The fraction of sp³-hybridized carbons (Fsp3) is 0.400. The van der Waals surface area contributed by atoms with Crippen LogP contribution in [0.4, 0.5) is 0 Å². The Balaban J connectivity index is 1.62. The largest absolute Gasteiger partial charge is 0.373 e. The molecule has 2 atom stereocenters. The highest BCUT2D eigenvalue weighted by Gasteiger charge is 2.52. The first-order valence-corrected chi connectivity index (χ1v) is 6.22. The summed E-state index contributed by atoms with van der Waals surface area (Å²) in [5.74, 6) is 0.145. The Labute approximate surface area is 106 Å². The summed E-state index contributed by atoms with van der Waals surface area (Å²) in [6, 6.07) is 9.94. The van der Waals surface area contributed by atoms with E-state index in [0.717, 1.165) is 11.1 Å². The van der Waals surface area contributed by atoms with Crippen molar-refractivity contribution in [3.05, 3.63) is 47.5 Å². The van der Waals surface area contributed by atoms with Crippen molar-refractivity contribution in [2.75, 3.05) is 6.61 Å². The van der Waals surface area contributed by atoms with E-state index in [1.807, 2.05) is 43.3 Å². The lowest BCUT2D eigenvalue weighted by atomic mass is 9.90. The van der Waals surface area contributed by atoms with Crippen LogP contribution in [-0.2, 0) is 20.9 Å². The smallest absolute Gasteiger partial charge is 0.173 e. The summed E-state index contributed by atoms with van der Waals surface area (Å²) in [6.07, 6.45) is 2.41. The fourth-order valence-electron chi connectivity index (χ4n) is 2.58. The molecule has 2 bridgehead atoms. The van der Waals surface area contributed by atoms with Crippen molar-refractivity contribution < 1.29 is 14.3 Å². The highest BCUT2D eigenvalue weighted by atomic mass is 16.6. The lowest BCUT2D eigenvalue weighted by molar-refractivity contribution is -0.132. The van der Waals surface area contributed by atoms with E-state index in [0.29, 0.717) is 19.6 Å². The third-order valence-electron chi connectivity index (χ3n) is 3.59. The minimum Gasteiger partial charge on any atom is -0.373 e. The SMILES string of the molecule is CC1=C[C@@]2(COCc3ccccc3)O[C@@H]1CC2=O. The number of hydrogen-bond donors (Lipinski definition) is 0. The van der Waals surface area contributed by atoms with Crippen LogP contribution in [0.5, 0.6) is 0 Å². The second-order valence-electron chi connectivity index (χ2n) is 4.99. The molecule has 2 aliphatic heterocycles. The quantitative estimate of drug-likeness (QED) is 0.762. The number of rotatable bonds is 4. The normalized spacial score (nSPS) is 29.7. The molecule has 0 spiro atoms. The van der Waals surface area contributed by atoms with Crippen LogP contribution in [0.3, 0.4) is 0 Å². The molecular weight excluding hydrogens is 228 g/mol. The van der Waals surface area contributed by atoms with Gasteiger partial charge in [-0.05, 0) is 24.1 Å². The van der Waals surface area contributed by atoms with Crippen molar-refractivity contribution >= 4 is 5.78 Å². The number of Topliss-reactive ketones (excluding diaryl/α,β-unsaturated/α-hetero) is 1. The number of hydrogen-bond acceptors (Lipinski definition) is 3. The van der Waals surface area contributed by atoms with Gasteiger partial charge < -0.3 is 9.47 Å². The monoisotopic (exact) mass is 244 g/mol. The standard InChI is InChI=1S/C15H16O3/c1-11-8-15(14(16)7-13(11)18-15)10-17-9-12-5-3-2-4-6-12/h2-6,8,13H,7,9-10H2,1H3/t13-,15+/m1/s1. The molecule has 3 rings (SSSR count). The van der Waals surface area contributed by atoms with Gasteiger partial charge in [0, 0.05) is 6.42 Å². The van der Waals surface area contributed by atoms with E-state index in [9.17, 15) is 4.79 Å². The van der Waals surface area contributed by atoms with Crippen LogP contribution in [0.2, 0.25) is 0 Å². The summed E-state index contributed by atoms with van der Waals surface area (Å²) in [5, 5.41) is 0. The minimum atomic E-state index is -0.802. The fourth-order valence-corrected chi connectivity index (χ4v) is 2.58. The number of benzene rings is 1. The summed E-state index contributed by atoms with van der Waals surface area (Å²) in [5.41, 5.74) is 1.45. The Morgan fingerprint density at radius 3 is 2.83 bits per heavy atom. The molecule has 2 aliphatic rings. The van der Waals surface area contributed by atoms with E-state index in [1.54, 1.807) is 0 Å². The molecule has 0 radical (unpaired) electrons. The Hall–Kier alpha value is -1.45. The highest BCUT2D eigenvalue weighted by molar-refractivity contribution is 5.94. The molecule has 0 unspecified atom stereocenters. The number of ether oxygens (including phenoxy) is 2. The van der Waals surface area contributed by atoms with Crippen molar-refractivity contribution in [2.45, 2.75) is 31.7 Å². The van der Waals surface area contributed by atoms with E-state index in [2.05, 4.69) is 0 Å². The second kappa shape index (κ2) is 4.34. The summed E-state index contributed by atoms with van der Waals surface area (Å²) in [7, 11) is 0. The number of carbonyl (C=O) groups is 1. The molecule has 94 valence electrons. The van der Waals surface area contributed by atoms with Crippen molar-refractivity contribution in [1.82, 2.24) is 0 Å². The van der Waals surface area contributed by atoms with Crippen LogP contribution in [0.25, 0.3) is 0 Å². The maximum atomic E-state index is 11.9. The summed E-state index contributed by atoms with van der Waals surface area (Å²) in [4.78, 5) is 11.9. The van der Waals surface area contributed by atoms with Gasteiger partial charge in [-0.2, -0.15) is 0 Å². The van der Waals surface area contributed by atoms with Gasteiger partial charge in [-0.1, -0.05) is 30.3 Å². The lowest BCUT2D eigenvalue weighted by Crippen LogP contribution is -2.37. The van der Waals surface area contributed by atoms with Crippen molar-refractivity contribution in [3.8, 4) is 0 Å². The number of carbonyl (C=O) groups excluding carboxylic acids is 1. The summed E-state index contributed by atoms with van der Waals surface area (Å²) >= 11 is 0. The van der Waals surface area contributed by atoms with Crippen LogP contribution in [-0.4, -0.2) is 24.1 Å². The Kier molecular flexibility index (Phi) is 2.80. The molecule has 3 heteroatoms. The molecule has 1 saturated heterocycles.